The van der Waals surface area contributed by atoms with Crippen LogP contribution in [0.15, 0.2) is 32.8 Å². The van der Waals surface area contributed by atoms with E-state index in [0.29, 0.717) is 17.5 Å². The molecule has 0 saturated heterocycles. The fraction of sp³-hybridized carbons (Fsp3) is 0.500. The molecular weight excluding hydrogens is 418 g/mol. The number of nitrogens with zero attached hydrogens (tertiary/aromatic N) is 2. The minimum Gasteiger partial charge on any atom is -0.467 e. The normalized spacial score (nSPS) is 14.6. The molecule has 0 radical (unpaired) electrons. The van der Waals surface area contributed by atoms with Crippen molar-refractivity contribution < 1.29 is 9.21 Å². The second-order valence-electron chi connectivity index (χ2n) is 7.80. The fourth-order valence-corrected chi connectivity index (χ4v) is 6.09. The van der Waals surface area contributed by atoms with Gasteiger partial charge in [0.1, 0.15) is 10.6 Å². The Morgan fingerprint density at radius 3 is 3.00 bits per heavy atom. The lowest BCUT2D eigenvalue weighted by molar-refractivity contribution is -0.119. The van der Waals surface area contributed by atoms with Gasteiger partial charge in [0.2, 0.25) is 5.91 Å². The van der Waals surface area contributed by atoms with Crippen molar-refractivity contribution >= 4 is 39.2 Å². The van der Waals surface area contributed by atoms with Crippen molar-refractivity contribution in [2.24, 2.45) is 0 Å². The third-order valence-corrected chi connectivity index (χ3v) is 7.56. The van der Waals surface area contributed by atoms with Gasteiger partial charge < -0.3 is 9.73 Å². The van der Waals surface area contributed by atoms with Crippen LogP contribution in [-0.2, 0) is 24.2 Å². The molecule has 0 spiro atoms. The highest BCUT2D eigenvalue weighted by atomic mass is 32.2. The van der Waals surface area contributed by atoms with Crippen molar-refractivity contribution in [3.63, 3.8) is 0 Å². The molecule has 1 aliphatic rings. The van der Waals surface area contributed by atoms with Gasteiger partial charge in [0.15, 0.2) is 5.16 Å². The van der Waals surface area contributed by atoms with E-state index in [0.717, 1.165) is 48.7 Å². The van der Waals surface area contributed by atoms with Crippen molar-refractivity contribution in [1.29, 1.82) is 0 Å². The number of fused-ring (bicyclic) bond motifs is 3. The summed E-state index contributed by atoms with van der Waals surface area (Å²) in [4.78, 5) is 32.8. The molecule has 1 amide bonds. The number of amides is 1. The van der Waals surface area contributed by atoms with Crippen LogP contribution in [0.25, 0.3) is 10.2 Å². The summed E-state index contributed by atoms with van der Waals surface area (Å²) in [5.41, 5.74) is 1.15. The van der Waals surface area contributed by atoms with Gasteiger partial charge in [0, 0.05) is 10.9 Å². The first-order valence-electron chi connectivity index (χ1n) is 10.6. The van der Waals surface area contributed by atoms with Gasteiger partial charge >= 0.3 is 0 Å². The van der Waals surface area contributed by atoms with Crippen LogP contribution in [0.2, 0.25) is 0 Å². The zero-order chi connectivity index (χ0) is 21.1. The van der Waals surface area contributed by atoms with Gasteiger partial charge in [-0.15, -0.1) is 11.3 Å². The topological polar surface area (TPSA) is 77.1 Å². The molecule has 8 heteroatoms. The molecule has 1 atom stereocenters. The SMILES string of the molecule is CCCC(C)NC(=O)CSc1nc2sc3c(c2c(=O)n1Cc1ccco1)CCCC3. The van der Waals surface area contributed by atoms with Crippen LogP contribution in [-0.4, -0.2) is 27.3 Å². The number of hydrogen-bond donors (Lipinski definition) is 1. The molecule has 4 rings (SSSR count). The third kappa shape index (κ3) is 4.49. The van der Waals surface area contributed by atoms with Gasteiger partial charge in [-0.25, -0.2) is 4.98 Å². The predicted molar refractivity (Wildman–Crippen MR) is 122 cm³/mol. The summed E-state index contributed by atoms with van der Waals surface area (Å²) in [5.74, 6) is 0.894. The predicted octanol–water partition coefficient (Wildman–Crippen LogP) is 4.38. The van der Waals surface area contributed by atoms with Crippen LogP contribution in [0.1, 0.15) is 55.7 Å². The van der Waals surface area contributed by atoms with E-state index < -0.39 is 0 Å². The molecule has 3 aromatic rings. The average molecular weight is 446 g/mol. The molecule has 1 N–H and O–H groups in total. The summed E-state index contributed by atoms with van der Waals surface area (Å²) in [6.07, 6.45) is 7.82. The number of nitrogens with one attached hydrogen (secondary N) is 1. The molecule has 3 aromatic heterocycles. The van der Waals surface area contributed by atoms with E-state index in [2.05, 4.69) is 12.2 Å². The standard InChI is InChI=1S/C22H27N3O3S2/c1-3-7-14(2)23-18(26)13-29-22-24-20-19(16-9-4-5-10-17(16)30-20)21(27)25(22)12-15-8-6-11-28-15/h6,8,11,14H,3-5,7,9-10,12-13H2,1-2H3,(H,23,26). The number of furan rings is 1. The first-order valence-corrected chi connectivity index (χ1v) is 12.4. The molecule has 0 aliphatic heterocycles. The summed E-state index contributed by atoms with van der Waals surface area (Å²) in [6, 6.07) is 3.81. The van der Waals surface area contributed by atoms with Crippen molar-refractivity contribution in [3.05, 3.63) is 45.0 Å². The maximum Gasteiger partial charge on any atom is 0.263 e. The van der Waals surface area contributed by atoms with Gasteiger partial charge in [0.05, 0.1) is 23.9 Å². The average Bonchev–Trinajstić information content (AvgIpc) is 3.36. The van der Waals surface area contributed by atoms with E-state index in [1.807, 2.05) is 19.1 Å². The van der Waals surface area contributed by atoms with Gasteiger partial charge in [0.25, 0.3) is 5.56 Å². The largest absolute Gasteiger partial charge is 0.467 e. The van der Waals surface area contributed by atoms with Crippen molar-refractivity contribution in [2.45, 2.75) is 70.1 Å². The fourth-order valence-electron chi connectivity index (χ4n) is 3.98. The highest BCUT2D eigenvalue weighted by molar-refractivity contribution is 7.99. The zero-order valence-electron chi connectivity index (χ0n) is 17.4. The lowest BCUT2D eigenvalue weighted by atomic mass is 9.97. The minimum atomic E-state index is -0.0367. The number of thiophene rings is 1. The smallest absolute Gasteiger partial charge is 0.263 e. The van der Waals surface area contributed by atoms with E-state index in [4.69, 9.17) is 9.40 Å². The molecule has 6 nitrogen and oxygen atoms in total. The molecule has 160 valence electrons. The Morgan fingerprint density at radius 2 is 2.23 bits per heavy atom. The number of aryl methyl sites for hydroxylation is 2. The van der Waals surface area contributed by atoms with Crippen molar-refractivity contribution in [3.8, 4) is 0 Å². The molecule has 30 heavy (non-hydrogen) atoms. The Morgan fingerprint density at radius 1 is 1.40 bits per heavy atom. The second-order valence-corrected chi connectivity index (χ2v) is 9.83. The molecule has 0 fully saturated rings. The van der Waals surface area contributed by atoms with Crippen LogP contribution in [0, 0.1) is 0 Å². The number of carbonyl (C=O) groups is 1. The number of carbonyl (C=O) groups excluding carboxylic acids is 1. The maximum absolute atomic E-state index is 13.5. The lowest BCUT2D eigenvalue weighted by Crippen LogP contribution is -2.34. The van der Waals surface area contributed by atoms with E-state index in [9.17, 15) is 9.59 Å². The summed E-state index contributed by atoms with van der Waals surface area (Å²) in [6.45, 7) is 4.43. The van der Waals surface area contributed by atoms with E-state index in [1.54, 1.807) is 22.2 Å². The summed E-state index contributed by atoms with van der Waals surface area (Å²) < 4.78 is 7.15. The van der Waals surface area contributed by atoms with Gasteiger partial charge in [-0.05, 0) is 56.7 Å². The van der Waals surface area contributed by atoms with Crippen molar-refractivity contribution in [2.75, 3.05) is 5.75 Å². The Labute approximate surface area is 184 Å². The quantitative estimate of drug-likeness (QED) is 0.411. The first-order chi connectivity index (χ1) is 14.6. The second kappa shape index (κ2) is 9.39. The van der Waals surface area contributed by atoms with E-state index in [-0.39, 0.29) is 23.3 Å². The number of thioether (sulfide) groups is 1. The van der Waals surface area contributed by atoms with Gasteiger partial charge in [-0.2, -0.15) is 0 Å². The molecule has 0 saturated carbocycles. The van der Waals surface area contributed by atoms with Crippen LogP contribution in [0.4, 0.5) is 0 Å². The minimum absolute atomic E-state index is 0.0296. The monoisotopic (exact) mass is 445 g/mol. The molecule has 3 heterocycles. The molecular formula is C22H27N3O3S2. The number of aromatic nitrogens is 2. The maximum atomic E-state index is 13.5. The summed E-state index contributed by atoms with van der Waals surface area (Å²) in [5, 5.41) is 4.34. The van der Waals surface area contributed by atoms with Gasteiger partial charge in [-0.1, -0.05) is 25.1 Å². The van der Waals surface area contributed by atoms with Crippen LogP contribution in [0.5, 0.6) is 0 Å². The van der Waals surface area contributed by atoms with Gasteiger partial charge in [-0.3, -0.25) is 14.2 Å². The highest BCUT2D eigenvalue weighted by Crippen LogP contribution is 2.34. The lowest BCUT2D eigenvalue weighted by Gasteiger charge is -2.14. The van der Waals surface area contributed by atoms with E-state index in [1.165, 1.54) is 22.2 Å². The molecule has 0 bridgehead atoms. The van der Waals surface area contributed by atoms with Crippen LogP contribution >= 0.6 is 23.1 Å². The number of hydrogen-bond acceptors (Lipinski definition) is 6. The van der Waals surface area contributed by atoms with E-state index >= 15 is 0 Å². The molecule has 0 aromatic carbocycles. The zero-order valence-corrected chi connectivity index (χ0v) is 19.0. The first kappa shape index (κ1) is 21.2. The third-order valence-electron chi connectivity index (χ3n) is 5.40. The Hall–Kier alpha value is -2.06. The Kier molecular flexibility index (Phi) is 6.63. The van der Waals surface area contributed by atoms with Crippen molar-refractivity contribution in [1.82, 2.24) is 14.9 Å². The summed E-state index contributed by atoms with van der Waals surface area (Å²) >= 11 is 2.95. The highest BCUT2D eigenvalue weighted by Gasteiger charge is 2.23. The Bertz CT molecular complexity index is 1090. The van der Waals surface area contributed by atoms with Crippen LogP contribution in [0.3, 0.4) is 0 Å². The Balaban J connectivity index is 1.66. The summed E-state index contributed by atoms with van der Waals surface area (Å²) in [7, 11) is 0. The number of rotatable bonds is 8. The molecule has 1 unspecified atom stereocenters. The van der Waals surface area contributed by atoms with Crippen LogP contribution < -0.4 is 10.9 Å². The molecule has 1 aliphatic carbocycles.